The second kappa shape index (κ2) is 14.3. The van der Waals surface area contributed by atoms with Crippen LogP contribution in [0.5, 0.6) is 0 Å². The van der Waals surface area contributed by atoms with Gasteiger partial charge >= 0.3 is 5.97 Å². The second-order valence-electron chi connectivity index (χ2n) is 9.19. The lowest BCUT2D eigenvalue weighted by molar-refractivity contribution is -0.189. The van der Waals surface area contributed by atoms with Crippen molar-refractivity contribution in [2.45, 2.75) is 31.2 Å². The average Bonchev–Trinajstić information content (AvgIpc) is 3.47. The minimum Gasteiger partial charge on any atom is -0.480 e. The molecule has 1 fully saturated rings. The lowest BCUT2D eigenvalue weighted by Crippen LogP contribution is -2.52. The second-order valence-corrected chi connectivity index (χ2v) is 10.0. The monoisotopic (exact) mass is 615 g/mol. The molecular weight excluding hydrogens is 589 g/mol. The number of hydrogen-bond donors (Lipinski definition) is 3. The molecule has 13 heteroatoms. The molecule has 0 saturated carbocycles. The summed E-state index contributed by atoms with van der Waals surface area (Å²) in [6, 6.07) is 18.8. The highest BCUT2D eigenvalue weighted by Gasteiger charge is 2.43. The zero-order valence-electron chi connectivity index (χ0n) is 22.3. The molecule has 1 saturated heterocycles. The number of aliphatic carboxylic acids is 1. The van der Waals surface area contributed by atoms with E-state index in [1.54, 1.807) is 42.5 Å². The van der Waals surface area contributed by atoms with E-state index in [-0.39, 0.29) is 35.4 Å². The first-order valence-corrected chi connectivity index (χ1v) is 13.4. The third-order valence-corrected chi connectivity index (χ3v) is 6.99. The molecule has 42 heavy (non-hydrogen) atoms. The van der Waals surface area contributed by atoms with Crippen molar-refractivity contribution in [1.82, 2.24) is 10.4 Å². The molecule has 1 unspecified atom stereocenters. The Kier molecular flexibility index (Phi) is 10.5. The van der Waals surface area contributed by atoms with Crippen LogP contribution < -0.4 is 10.6 Å². The van der Waals surface area contributed by atoms with Crippen LogP contribution in [0.4, 0.5) is 5.69 Å². The largest absolute Gasteiger partial charge is 0.480 e. The number of carbonyl (C=O) groups is 4. The van der Waals surface area contributed by atoms with Gasteiger partial charge in [0.05, 0.1) is 29.3 Å². The van der Waals surface area contributed by atoms with E-state index in [4.69, 9.17) is 37.5 Å². The lowest BCUT2D eigenvalue weighted by atomic mass is 10.0. The van der Waals surface area contributed by atoms with E-state index in [0.29, 0.717) is 11.3 Å². The Hall–Kier alpha value is -4.00. The molecule has 3 N–H and O–H groups in total. The molecule has 0 aliphatic carbocycles. The van der Waals surface area contributed by atoms with Crippen molar-refractivity contribution in [2.75, 3.05) is 19.2 Å². The Morgan fingerprint density at radius 3 is 2.19 bits per heavy atom. The molecule has 3 amide bonds. The van der Waals surface area contributed by atoms with Crippen molar-refractivity contribution in [2.24, 2.45) is 0 Å². The Bertz CT molecular complexity index is 1420. The first-order chi connectivity index (χ1) is 20.2. The number of rotatable bonds is 11. The summed E-state index contributed by atoms with van der Waals surface area (Å²) in [5.74, 6) is -3.28. The van der Waals surface area contributed by atoms with Crippen molar-refractivity contribution in [3.8, 4) is 0 Å². The van der Waals surface area contributed by atoms with Crippen LogP contribution in [-0.2, 0) is 41.7 Å². The van der Waals surface area contributed by atoms with Gasteiger partial charge in [-0.25, -0.2) is 9.86 Å². The van der Waals surface area contributed by atoms with Crippen LogP contribution >= 0.6 is 23.2 Å². The molecule has 0 aromatic heterocycles. The zero-order chi connectivity index (χ0) is 30.2. The Morgan fingerprint density at radius 2 is 1.57 bits per heavy atom. The van der Waals surface area contributed by atoms with Crippen LogP contribution in [0.1, 0.15) is 21.5 Å². The van der Waals surface area contributed by atoms with Gasteiger partial charge in [-0.1, -0.05) is 71.7 Å². The Morgan fingerprint density at radius 1 is 0.929 bits per heavy atom. The van der Waals surface area contributed by atoms with E-state index >= 15 is 0 Å². The number of hydroxylamine groups is 2. The minimum absolute atomic E-state index is 0.0873. The number of hydrogen-bond acceptors (Lipinski definition) is 7. The van der Waals surface area contributed by atoms with Crippen molar-refractivity contribution >= 4 is 52.6 Å². The maximum Gasteiger partial charge on any atom is 0.326 e. The number of ether oxygens (including phenoxy) is 2. The topological polar surface area (TPSA) is 143 Å². The normalized spacial score (nSPS) is 16.8. The summed E-state index contributed by atoms with van der Waals surface area (Å²) in [4.78, 5) is 56.0. The summed E-state index contributed by atoms with van der Waals surface area (Å²) in [6.45, 7) is -0.230. The molecule has 1 heterocycles. The maximum absolute atomic E-state index is 13.1. The zero-order valence-corrected chi connectivity index (χ0v) is 23.8. The number of anilines is 1. The molecule has 3 aromatic carbocycles. The number of benzene rings is 3. The highest BCUT2D eigenvalue weighted by atomic mass is 35.5. The van der Waals surface area contributed by atoms with Gasteiger partial charge in [0, 0.05) is 12.1 Å². The van der Waals surface area contributed by atoms with Gasteiger partial charge in [-0.3, -0.25) is 19.2 Å². The standard InChI is InChI=1S/C29H27Cl2N3O8/c1-40-34(15-18-6-3-2-4-7-18)28(37)25-24(41-16-42-25)27(36)33-22(29(38)39)14-17-10-12-19(13-11-17)32-26(35)23-20(30)8-5-9-21(23)31/h2-13,22,24-25H,14-16H2,1H3,(H,32,35)(H,33,36)(H,38,39)/t22?,24-,25-/m1/s1. The molecule has 3 atom stereocenters. The quantitative estimate of drug-likeness (QED) is 0.277. The summed E-state index contributed by atoms with van der Waals surface area (Å²) >= 11 is 12.2. The number of amides is 3. The molecule has 3 aromatic rings. The van der Waals surface area contributed by atoms with E-state index in [0.717, 1.165) is 10.6 Å². The van der Waals surface area contributed by atoms with Gasteiger partial charge in [0.1, 0.15) is 12.8 Å². The summed E-state index contributed by atoms with van der Waals surface area (Å²) in [6.07, 6.45) is -2.81. The highest BCUT2D eigenvalue weighted by Crippen LogP contribution is 2.25. The van der Waals surface area contributed by atoms with Crippen LogP contribution in [0.2, 0.25) is 10.0 Å². The van der Waals surface area contributed by atoms with E-state index in [1.165, 1.54) is 7.11 Å². The number of carboxylic acid groups (broad SMARTS) is 1. The molecule has 11 nitrogen and oxygen atoms in total. The SMILES string of the molecule is CON(Cc1ccccc1)C(=O)[C@@H]1OCO[C@H]1C(=O)NC(Cc1ccc(NC(=O)c2c(Cl)cccc2Cl)cc1)C(=O)O. The van der Waals surface area contributed by atoms with Crippen LogP contribution in [0, 0.1) is 0 Å². The number of halogens is 2. The Balaban J connectivity index is 1.38. The third kappa shape index (κ3) is 7.64. The molecule has 0 radical (unpaired) electrons. The maximum atomic E-state index is 13.1. The lowest BCUT2D eigenvalue weighted by Gasteiger charge is -2.25. The number of carboxylic acids is 1. The van der Waals surface area contributed by atoms with Crippen LogP contribution in [0.15, 0.2) is 72.8 Å². The first kappa shape index (κ1) is 30.9. The minimum atomic E-state index is -1.39. The van der Waals surface area contributed by atoms with Gasteiger partial charge in [-0.15, -0.1) is 0 Å². The average molecular weight is 616 g/mol. The fourth-order valence-corrected chi connectivity index (χ4v) is 4.79. The molecular formula is C29H27Cl2N3O8. The predicted octanol–water partition coefficient (Wildman–Crippen LogP) is 3.69. The molecule has 0 spiro atoms. The van der Waals surface area contributed by atoms with Crippen LogP contribution in [0.25, 0.3) is 0 Å². The third-order valence-electron chi connectivity index (χ3n) is 6.36. The predicted molar refractivity (Wildman–Crippen MR) is 153 cm³/mol. The molecule has 0 bridgehead atoms. The van der Waals surface area contributed by atoms with Crippen molar-refractivity contribution in [3.63, 3.8) is 0 Å². The van der Waals surface area contributed by atoms with Gasteiger partial charge in [-0.2, -0.15) is 0 Å². The van der Waals surface area contributed by atoms with E-state index in [2.05, 4.69) is 10.6 Å². The van der Waals surface area contributed by atoms with Crippen molar-refractivity contribution in [3.05, 3.63) is 99.5 Å². The van der Waals surface area contributed by atoms with E-state index in [1.807, 2.05) is 30.3 Å². The van der Waals surface area contributed by atoms with E-state index in [9.17, 15) is 24.3 Å². The van der Waals surface area contributed by atoms with Gasteiger partial charge in [-0.05, 0) is 35.4 Å². The van der Waals surface area contributed by atoms with E-state index < -0.39 is 41.9 Å². The number of carbonyl (C=O) groups excluding carboxylic acids is 3. The number of nitrogens with zero attached hydrogens (tertiary/aromatic N) is 1. The van der Waals surface area contributed by atoms with Gasteiger partial charge in [0.25, 0.3) is 17.7 Å². The van der Waals surface area contributed by atoms with Gasteiger partial charge in [0.15, 0.2) is 12.2 Å². The van der Waals surface area contributed by atoms with Crippen LogP contribution in [0.3, 0.4) is 0 Å². The van der Waals surface area contributed by atoms with Crippen molar-refractivity contribution in [1.29, 1.82) is 0 Å². The Labute approximate surface area is 251 Å². The highest BCUT2D eigenvalue weighted by molar-refractivity contribution is 6.40. The summed E-state index contributed by atoms with van der Waals surface area (Å²) in [5, 5.41) is 16.3. The molecule has 220 valence electrons. The van der Waals surface area contributed by atoms with Crippen molar-refractivity contribution < 1.29 is 38.6 Å². The smallest absolute Gasteiger partial charge is 0.326 e. The molecule has 1 aliphatic heterocycles. The summed E-state index contributed by atoms with van der Waals surface area (Å²) in [7, 11) is 1.31. The molecule has 1 aliphatic rings. The van der Waals surface area contributed by atoms with Gasteiger partial charge < -0.3 is 25.2 Å². The van der Waals surface area contributed by atoms with Gasteiger partial charge in [0.2, 0.25) is 0 Å². The molecule has 4 rings (SSSR count). The van der Waals surface area contributed by atoms with Crippen LogP contribution in [-0.4, -0.2) is 66.0 Å². The summed E-state index contributed by atoms with van der Waals surface area (Å²) in [5.41, 5.74) is 1.90. The summed E-state index contributed by atoms with van der Waals surface area (Å²) < 4.78 is 10.7. The number of nitrogens with one attached hydrogen (secondary N) is 2. The first-order valence-electron chi connectivity index (χ1n) is 12.7. The fourth-order valence-electron chi connectivity index (χ4n) is 4.22. The fraction of sp³-hybridized carbons (Fsp3) is 0.241.